The molecular formula is C10H18ClN3O2. The van der Waals surface area contributed by atoms with E-state index in [1.807, 2.05) is 0 Å². The molecule has 0 aliphatic carbocycles. The van der Waals surface area contributed by atoms with E-state index in [9.17, 15) is 9.59 Å². The van der Waals surface area contributed by atoms with Crippen LogP contribution in [0, 0.1) is 0 Å². The first kappa shape index (κ1) is 13.3. The first-order valence-electron chi connectivity index (χ1n) is 5.56. The first-order chi connectivity index (χ1) is 7.25. The van der Waals surface area contributed by atoms with Gasteiger partial charge in [0, 0.05) is 19.0 Å². The molecule has 0 aromatic rings. The molecule has 0 spiro atoms. The molecule has 2 fully saturated rings. The van der Waals surface area contributed by atoms with Crippen LogP contribution in [0.2, 0.25) is 0 Å². The second kappa shape index (κ2) is 6.06. The van der Waals surface area contributed by atoms with E-state index in [1.54, 1.807) is 0 Å². The molecule has 2 saturated heterocycles. The van der Waals surface area contributed by atoms with Crippen LogP contribution in [0.25, 0.3) is 0 Å². The Morgan fingerprint density at radius 3 is 2.81 bits per heavy atom. The molecule has 0 radical (unpaired) electrons. The quantitative estimate of drug-likeness (QED) is 0.633. The van der Waals surface area contributed by atoms with Crippen LogP contribution in [0.15, 0.2) is 0 Å². The van der Waals surface area contributed by atoms with Crippen molar-refractivity contribution >= 4 is 24.2 Å². The molecule has 2 aliphatic rings. The Kier molecular flexibility index (Phi) is 5.02. The van der Waals surface area contributed by atoms with Crippen LogP contribution in [0.3, 0.4) is 0 Å². The van der Waals surface area contributed by atoms with Crippen molar-refractivity contribution in [1.29, 1.82) is 0 Å². The Labute approximate surface area is 101 Å². The van der Waals surface area contributed by atoms with Gasteiger partial charge in [0.1, 0.15) is 6.04 Å². The van der Waals surface area contributed by atoms with Crippen LogP contribution >= 0.6 is 12.4 Å². The van der Waals surface area contributed by atoms with Crippen molar-refractivity contribution in [3.63, 3.8) is 0 Å². The summed E-state index contributed by atoms with van der Waals surface area (Å²) in [6.07, 6.45) is 3.40. The monoisotopic (exact) mass is 247 g/mol. The number of hydrogen-bond donors (Lipinski definition) is 3. The van der Waals surface area contributed by atoms with E-state index < -0.39 is 0 Å². The van der Waals surface area contributed by atoms with E-state index >= 15 is 0 Å². The Bertz CT molecular complexity index is 267. The SMILES string of the molecule is Cl.O=C1CCC(C(=O)NCC2CCCN2)N1. The van der Waals surface area contributed by atoms with E-state index in [4.69, 9.17) is 0 Å². The highest BCUT2D eigenvalue weighted by molar-refractivity contribution is 5.90. The minimum absolute atomic E-state index is 0. The smallest absolute Gasteiger partial charge is 0.242 e. The maximum absolute atomic E-state index is 11.6. The maximum Gasteiger partial charge on any atom is 0.242 e. The third-order valence-corrected chi connectivity index (χ3v) is 3.00. The zero-order chi connectivity index (χ0) is 10.7. The van der Waals surface area contributed by atoms with E-state index in [-0.39, 0.29) is 30.3 Å². The number of amides is 2. The molecule has 16 heavy (non-hydrogen) atoms. The standard InChI is InChI=1S/C10H17N3O2.ClH/c14-9-4-3-8(13-9)10(15)12-6-7-2-1-5-11-7;/h7-8,11H,1-6H2,(H,12,15)(H,13,14);1H. The highest BCUT2D eigenvalue weighted by atomic mass is 35.5. The lowest BCUT2D eigenvalue weighted by atomic mass is 10.2. The molecule has 2 aliphatic heterocycles. The molecule has 92 valence electrons. The number of rotatable bonds is 3. The molecule has 0 saturated carbocycles. The largest absolute Gasteiger partial charge is 0.353 e. The maximum atomic E-state index is 11.6. The zero-order valence-corrected chi connectivity index (χ0v) is 9.94. The third-order valence-electron chi connectivity index (χ3n) is 3.00. The molecule has 2 atom stereocenters. The van der Waals surface area contributed by atoms with Gasteiger partial charge in [0.25, 0.3) is 0 Å². The van der Waals surface area contributed by atoms with Gasteiger partial charge < -0.3 is 16.0 Å². The molecule has 2 heterocycles. The third kappa shape index (κ3) is 3.35. The minimum Gasteiger partial charge on any atom is -0.353 e. The molecule has 0 aromatic carbocycles. The summed E-state index contributed by atoms with van der Waals surface area (Å²) < 4.78 is 0. The molecule has 3 N–H and O–H groups in total. The summed E-state index contributed by atoms with van der Waals surface area (Å²) in [5.74, 6) is -0.0660. The van der Waals surface area contributed by atoms with Gasteiger partial charge >= 0.3 is 0 Å². The number of carbonyl (C=O) groups is 2. The van der Waals surface area contributed by atoms with Crippen LogP contribution < -0.4 is 16.0 Å². The minimum atomic E-state index is -0.307. The molecule has 2 unspecified atom stereocenters. The van der Waals surface area contributed by atoms with Gasteiger partial charge in [-0.05, 0) is 25.8 Å². The van der Waals surface area contributed by atoms with Crippen molar-refractivity contribution in [2.24, 2.45) is 0 Å². The van der Waals surface area contributed by atoms with Gasteiger partial charge in [-0.1, -0.05) is 0 Å². The van der Waals surface area contributed by atoms with Gasteiger partial charge in [0.05, 0.1) is 0 Å². The molecule has 6 heteroatoms. The van der Waals surface area contributed by atoms with Crippen LogP contribution in [0.1, 0.15) is 25.7 Å². The van der Waals surface area contributed by atoms with Gasteiger partial charge in [-0.25, -0.2) is 0 Å². The summed E-state index contributed by atoms with van der Waals surface area (Å²) in [5.41, 5.74) is 0. The van der Waals surface area contributed by atoms with Crippen molar-refractivity contribution in [2.45, 2.75) is 37.8 Å². The van der Waals surface area contributed by atoms with Gasteiger partial charge in [-0.3, -0.25) is 9.59 Å². The molecule has 0 aromatic heterocycles. The summed E-state index contributed by atoms with van der Waals surface area (Å²) in [7, 11) is 0. The van der Waals surface area contributed by atoms with Gasteiger partial charge in [-0.2, -0.15) is 0 Å². The van der Waals surface area contributed by atoms with E-state index in [0.29, 0.717) is 25.4 Å². The van der Waals surface area contributed by atoms with E-state index in [0.717, 1.165) is 13.0 Å². The Morgan fingerprint density at radius 1 is 1.44 bits per heavy atom. The first-order valence-corrected chi connectivity index (χ1v) is 5.56. The lowest BCUT2D eigenvalue weighted by Gasteiger charge is -2.14. The highest BCUT2D eigenvalue weighted by Crippen LogP contribution is 2.07. The summed E-state index contributed by atoms with van der Waals surface area (Å²) in [4.78, 5) is 22.5. The summed E-state index contributed by atoms with van der Waals surface area (Å²) in [6, 6.07) is 0.102. The average Bonchev–Trinajstić information content (AvgIpc) is 2.84. The highest BCUT2D eigenvalue weighted by Gasteiger charge is 2.27. The van der Waals surface area contributed by atoms with Gasteiger partial charge in [-0.15, -0.1) is 12.4 Å². The lowest BCUT2D eigenvalue weighted by molar-refractivity contribution is -0.125. The summed E-state index contributed by atoms with van der Waals surface area (Å²) in [5, 5.41) is 8.84. The second-order valence-electron chi connectivity index (χ2n) is 4.20. The van der Waals surface area contributed by atoms with Gasteiger partial charge in [0.15, 0.2) is 0 Å². The van der Waals surface area contributed by atoms with Crippen LogP contribution in [0.4, 0.5) is 0 Å². The van der Waals surface area contributed by atoms with Crippen molar-refractivity contribution in [1.82, 2.24) is 16.0 Å². The van der Waals surface area contributed by atoms with E-state index in [1.165, 1.54) is 6.42 Å². The topological polar surface area (TPSA) is 70.2 Å². The Balaban J connectivity index is 0.00000128. The number of carbonyl (C=O) groups excluding carboxylic acids is 2. The van der Waals surface area contributed by atoms with Crippen molar-refractivity contribution in [3.8, 4) is 0 Å². The fourth-order valence-electron chi connectivity index (χ4n) is 2.09. The normalized spacial score (nSPS) is 28.4. The van der Waals surface area contributed by atoms with Crippen LogP contribution in [0.5, 0.6) is 0 Å². The molecule has 2 rings (SSSR count). The van der Waals surface area contributed by atoms with E-state index in [2.05, 4.69) is 16.0 Å². The van der Waals surface area contributed by atoms with Crippen molar-refractivity contribution < 1.29 is 9.59 Å². The fourth-order valence-corrected chi connectivity index (χ4v) is 2.09. The number of nitrogens with one attached hydrogen (secondary N) is 3. The number of halogens is 1. The predicted octanol–water partition coefficient (Wildman–Crippen LogP) is -0.445. The summed E-state index contributed by atoms with van der Waals surface area (Å²) in [6.45, 7) is 1.71. The predicted molar refractivity (Wildman–Crippen MR) is 62.4 cm³/mol. The van der Waals surface area contributed by atoms with Crippen molar-refractivity contribution in [2.75, 3.05) is 13.1 Å². The Hall–Kier alpha value is -0.810. The lowest BCUT2D eigenvalue weighted by Crippen LogP contribution is -2.45. The van der Waals surface area contributed by atoms with Crippen LogP contribution in [-0.4, -0.2) is 37.0 Å². The second-order valence-corrected chi connectivity index (χ2v) is 4.20. The van der Waals surface area contributed by atoms with Crippen LogP contribution in [-0.2, 0) is 9.59 Å². The molecule has 2 amide bonds. The molecule has 0 bridgehead atoms. The zero-order valence-electron chi connectivity index (χ0n) is 9.12. The van der Waals surface area contributed by atoms with Crippen molar-refractivity contribution in [3.05, 3.63) is 0 Å². The van der Waals surface area contributed by atoms with Gasteiger partial charge in [0.2, 0.25) is 11.8 Å². The fraction of sp³-hybridized carbons (Fsp3) is 0.800. The Morgan fingerprint density at radius 2 is 2.25 bits per heavy atom. The number of hydrogen-bond acceptors (Lipinski definition) is 3. The average molecular weight is 248 g/mol. The molecule has 5 nitrogen and oxygen atoms in total. The molecular weight excluding hydrogens is 230 g/mol. The summed E-state index contributed by atoms with van der Waals surface area (Å²) >= 11 is 0.